The largest absolute Gasteiger partial charge is 0.388 e. The van der Waals surface area contributed by atoms with Gasteiger partial charge in [-0.15, -0.1) is 0 Å². The SMILES string of the molecule is CNC(=O)c1cccc([C@@H]2CN(CC3(O)CCOCC3)CCN2C)c1. The molecular weight excluding hydrogens is 318 g/mol. The number of nitrogens with one attached hydrogen (secondary N) is 1. The van der Waals surface area contributed by atoms with Gasteiger partial charge in [-0.25, -0.2) is 0 Å². The van der Waals surface area contributed by atoms with E-state index in [-0.39, 0.29) is 11.9 Å². The van der Waals surface area contributed by atoms with Gasteiger partial charge in [0.1, 0.15) is 0 Å². The van der Waals surface area contributed by atoms with E-state index in [0.29, 0.717) is 38.2 Å². The van der Waals surface area contributed by atoms with Crippen LogP contribution >= 0.6 is 0 Å². The Labute approximate surface area is 149 Å². The van der Waals surface area contributed by atoms with Crippen molar-refractivity contribution in [3.63, 3.8) is 0 Å². The molecule has 25 heavy (non-hydrogen) atoms. The Balaban J connectivity index is 1.71. The molecule has 0 unspecified atom stereocenters. The van der Waals surface area contributed by atoms with Gasteiger partial charge in [0, 0.05) is 70.9 Å². The van der Waals surface area contributed by atoms with Crippen molar-refractivity contribution in [1.29, 1.82) is 0 Å². The zero-order valence-corrected chi connectivity index (χ0v) is 15.2. The van der Waals surface area contributed by atoms with Gasteiger partial charge >= 0.3 is 0 Å². The molecule has 2 aliphatic heterocycles. The van der Waals surface area contributed by atoms with E-state index < -0.39 is 5.60 Å². The van der Waals surface area contributed by atoms with Crippen molar-refractivity contribution >= 4 is 5.91 Å². The molecule has 2 heterocycles. The quantitative estimate of drug-likeness (QED) is 0.846. The molecule has 2 fully saturated rings. The second-order valence-electron chi connectivity index (χ2n) is 7.27. The third-order valence-electron chi connectivity index (χ3n) is 5.43. The Hall–Kier alpha value is -1.47. The molecular formula is C19H29N3O3. The van der Waals surface area contributed by atoms with Crippen molar-refractivity contribution in [1.82, 2.24) is 15.1 Å². The molecule has 0 aliphatic carbocycles. The fraction of sp³-hybridized carbons (Fsp3) is 0.632. The fourth-order valence-corrected chi connectivity index (χ4v) is 3.79. The summed E-state index contributed by atoms with van der Waals surface area (Å²) in [6.07, 6.45) is 1.41. The number of amides is 1. The third-order valence-corrected chi connectivity index (χ3v) is 5.43. The fourth-order valence-electron chi connectivity index (χ4n) is 3.79. The molecule has 6 nitrogen and oxygen atoms in total. The van der Waals surface area contributed by atoms with E-state index in [2.05, 4.69) is 28.2 Å². The van der Waals surface area contributed by atoms with Crippen molar-refractivity contribution in [2.75, 3.05) is 53.5 Å². The highest BCUT2D eigenvalue weighted by Crippen LogP contribution is 2.28. The van der Waals surface area contributed by atoms with Crippen LogP contribution in [-0.4, -0.2) is 79.9 Å². The topological polar surface area (TPSA) is 65.0 Å². The lowest BCUT2D eigenvalue weighted by atomic mass is 9.92. The normalized spacial score (nSPS) is 24.8. The Kier molecular flexibility index (Phi) is 5.74. The van der Waals surface area contributed by atoms with Gasteiger partial charge in [0.05, 0.1) is 5.60 Å². The molecule has 1 atom stereocenters. The van der Waals surface area contributed by atoms with Crippen LogP contribution in [-0.2, 0) is 4.74 Å². The molecule has 1 aromatic rings. The van der Waals surface area contributed by atoms with Crippen molar-refractivity contribution in [3.05, 3.63) is 35.4 Å². The molecule has 0 radical (unpaired) electrons. The van der Waals surface area contributed by atoms with E-state index in [1.54, 1.807) is 7.05 Å². The molecule has 2 saturated heterocycles. The van der Waals surface area contributed by atoms with Crippen LogP contribution in [0.3, 0.4) is 0 Å². The second-order valence-corrected chi connectivity index (χ2v) is 7.27. The van der Waals surface area contributed by atoms with Crippen molar-refractivity contribution in [3.8, 4) is 0 Å². The summed E-state index contributed by atoms with van der Waals surface area (Å²) in [5.74, 6) is -0.0614. The van der Waals surface area contributed by atoms with Gasteiger partial charge < -0.3 is 15.2 Å². The van der Waals surface area contributed by atoms with Crippen LogP contribution in [0.25, 0.3) is 0 Å². The summed E-state index contributed by atoms with van der Waals surface area (Å²) in [6, 6.07) is 8.07. The van der Waals surface area contributed by atoms with Gasteiger partial charge in [0.15, 0.2) is 0 Å². The number of carbonyl (C=O) groups is 1. The van der Waals surface area contributed by atoms with Crippen LogP contribution in [0.5, 0.6) is 0 Å². The monoisotopic (exact) mass is 347 g/mol. The minimum Gasteiger partial charge on any atom is -0.388 e. The predicted molar refractivity (Wildman–Crippen MR) is 96.6 cm³/mol. The highest BCUT2D eigenvalue weighted by Gasteiger charge is 2.35. The maximum Gasteiger partial charge on any atom is 0.251 e. The number of piperazine rings is 1. The van der Waals surface area contributed by atoms with E-state index in [9.17, 15) is 9.90 Å². The van der Waals surface area contributed by atoms with Crippen molar-refractivity contribution < 1.29 is 14.6 Å². The first-order chi connectivity index (χ1) is 12.0. The Morgan fingerprint density at radius 3 is 2.84 bits per heavy atom. The van der Waals surface area contributed by atoms with Crippen LogP contribution < -0.4 is 5.32 Å². The predicted octanol–water partition coefficient (Wildman–Crippen LogP) is 0.876. The summed E-state index contributed by atoms with van der Waals surface area (Å²) in [5, 5.41) is 13.5. The van der Waals surface area contributed by atoms with Crippen molar-refractivity contribution in [2.24, 2.45) is 0 Å². The Morgan fingerprint density at radius 1 is 1.36 bits per heavy atom. The second kappa shape index (κ2) is 7.83. The average Bonchev–Trinajstić information content (AvgIpc) is 2.63. The average molecular weight is 347 g/mol. The summed E-state index contributed by atoms with van der Waals surface area (Å²) in [7, 11) is 3.77. The molecule has 0 bridgehead atoms. The van der Waals surface area contributed by atoms with Gasteiger partial charge in [0.2, 0.25) is 0 Å². The molecule has 0 spiro atoms. The van der Waals surface area contributed by atoms with Gasteiger partial charge in [-0.2, -0.15) is 0 Å². The highest BCUT2D eigenvalue weighted by molar-refractivity contribution is 5.94. The molecule has 0 saturated carbocycles. The maximum absolute atomic E-state index is 11.9. The first-order valence-electron chi connectivity index (χ1n) is 9.05. The lowest BCUT2D eigenvalue weighted by molar-refractivity contribution is -0.0869. The van der Waals surface area contributed by atoms with E-state index in [4.69, 9.17) is 4.74 Å². The van der Waals surface area contributed by atoms with Crippen LogP contribution in [0.15, 0.2) is 24.3 Å². The van der Waals surface area contributed by atoms with Crippen LogP contribution in [0.2, 0.25) is 0 Å². The van der Waals surface area contributed by atoms with E-state index >= 15 is 0 Å². The van der Waals surface area contributed by atoms with Crippen molar-refractivity contribution in [2.45, 2.75) is 24.5 Å². The van der Waals surface area contributed by atoms with E-state index in [0.717, 1.165) is 25.2 Å². The van der Waals surface area contributed by atoms with Gasteiger partial charge in [-0.3, -0.25) is 14.6 Å². The van der Waals surface area contributed by atoms with E-state index in [1.807, 2.05) is 18.2 Å². The number of carbonyl (C=O) groups excluding carboxylic acids is 1. The molecule has 1 amide bonds. The lowest BCUT2D eigenvalue weighted by Gasteiger charge is -2.43. The summed E-state index contributed by atoms with van der Waals surface area (Å²) >= 11 is 0. The minimum absolute atomic E-state index is 0.0614. The smallest absolute Gasteiger partial charge is 0.251 e. The van der Waals surface area contributed by atoms with Crippen LogP contribution in [0.4, 0.5) is 0 Å². The number of aliphatic hydroxyl groups is 1. The van der Waals surface area contributed by atoms with Crippen LogP contribution in [0, 0.1) is 0 Å². The number of rotatable bonds is 4. The number of hydrogen-bond acceptors (Lipinski definition) is 5. The molecule has 0 aromatic heterocycles. The Morgan fingerprint density at radius 2 is 2.12 bits per heavy atom. The number of benzene rings is 1. The highest BCUT2D eigenvalue weighted by atomic mass is 16.5. The lowest BCUT2D eigenvalue weighted by Crippen LogP contribution is -2.53. The molecule has 3 rings (SSSR count). The standard InChI is InChI=1S/C19H29N3O3/c1-20-18(23)16-5-3-4-15(12-16)17-13-22(9-8-21(17)2)14-19(24)6-10-25-11-7-19/h3-5,12,17,24H,6-11,13-14H2,1-2H3,(H,20,23)/t17-/m0/s1. The molecule has 2 aliphatic rings. The number of hydrogen-bond donors (Lipinski definition) is 2. The summed E-state index contributed by atoms with van der Waals surface area (Å²) in [5.41, 5.74) is 1.20. The van der Waals surface area contributed by atoms with E-state index in [1.165, 1.54) is 0 Å². The number of likely N-dealkylation sites (N-methyl/N-ethyl adjacent to an activating group) is 1. The Bertz CT molecular complexity index is 601. The maximum atomic E-state index is 11.9. The summed E-state index contributed by atoms with van der Waals surface area (Å²) in [4.78, 5) is 16.6. The zero-order chi connectivity index (χ0) is 17.9. The molecule has 2 N–H and O–H groups in total. The first kappa shape index (κ1) is 18.3. The number of ether oxygens (including phenoxy) is 1. The molecule has 138 valence electrons. The number of nitrogens with zero attached hydrogens (tertiary/aromatic N) is 2. The first-order valence-corrected chi connectivity index (χ1v) is 9.05. The summed E-state index contributed by atoms with van der Waals surface area (Å²) < 4.78 is 5.38. The summed E-state index contributed by atoms with van der Waals surface area (Å²) in [6.45, 7) is 4.73. The zero-order valence-electron chi connectivity index (χ0n) is 15.2. The number of β-amino-alcohol motifs (C(OH)–C–C–N with tert-alkyl or cyclic N) is 1. The third kappa shape index (κ3) is 4.39. The minimum atomic E-state index is -0.636. The molecule has 6 heteroatoms. The molecule has 1 aromatic carbocycles. The van der Waals surface area contributed by atoms with Gasteiger partial charge in [-0.05, 0) is 24.7 Å². The van der Waals surface area contributed by atoms with Gasteiger partial charge in [-0.1, -0.05) is 12.1 Å². The van der Waals surface area contributed by atoms with Gasteiger partial charge in [0.25, 0.3) is 5.91 Å². The van der Waals surface area contributed by atoms with Crippen LogP contribution in [0.1, 0.15) is 34.8 Å².